The Kier molecular flexibility index (Phi) is 2.62. The third kappa shape index (κ3) is 1.66. The van der Waals surface area contributed by atoms with Crippen LogP contribution < -0.4 is 22.5 Å². The third-order valence-electron chi connectivity index (χ3n) is 1.38. The van der Waals surface area contributed by atoms with Crippen LogP contribution in [0.5, 0.6) is 0 Å². The van der Waals surface area contributed by atoms with Crippen LogP contribution in [-0.2, 0) is 0 Å². The molecule has 0 aromatic carbocycles. The van der Waals surface area contributed by atoms with Crippen LogP contribution in [0.1, 0.15) is 20.9 Å². The molecule has 2 amide bonds. The molecular weight excluding hydrogens is 176 g/mol. The summed E-state index contributed by atoms with van der Waals surface area (Å²) < 4.78 is 4.73. The minimum absolute atomic E-state index is 0.0328. The second-order valence-electron chi connectivity index (χ2n) is 2.11. The minimum atomic E-state index is -0.691. The molecule has 0 aliphatic rings. The SMILES string of the molecule is NNC(=O)c1ccoc1C(=O)NN. The molecule has 7 heteroatoms. The molecule has 0 radical (unpaired) electrons. The number of carbonyl (C=O) groups excluding carboxylic acids is 2. The largest absolute Gasteiger partial charge is 0.458 e. The standard InChI is InChI=1S/C6H8N4O3/c7-9-5(11)3-1-2-13-4(3)6(12)10-8/h1-2H,7-8H2,(H,9,11)(H,10,12). The summed E-state index contributed by atoms with van der Waals surface area (Å²) in [5, 5.41) is 0. The zero-order valence-corrected chi connectivity index (χ0v) is 6.53. The number of nitrogen functional groups attached to an aromatic ring is 2. The lowest BCUT2D eigenvalue weighted by Crippen LogP contribution is -2.34. The predicted molar refractivity (Wildman–Crippen MR) is 42.0 cm³/mol. The summed E-state index contributed by atoms with van der Waals surface area (Å²) in [5.74, 6) is 8.24. The van der Waals surface area contributed by atoms with Crippen molar-refractivity contribution in [1.82, 2.24) is 10.9 Å². The van der Waals surface area contributed by atoms with Gasteiger partial charge in [0.25, 0.3) is 5.91 Å². The van der Waals surface area contributed by atoms with E-state index in [1.54, 1.807) is 0 Å². The highest BCUT2D eigenvalue weighted by molar-refractivity contribution is 6.05. The Morgan fingerprint density at radius 3 is 2.38 bits per heavy atom. The van der Waals surface area contributed by atoms with Gasteiger partial charge >= 0.3 is 5.91 Å². The van der Waals surface area contributed by atoms with Crippen LogP contribution in [0.2, 0.25) is 0 Å². The summed E-state index contributed by atoms with van der Waals surface area (Å²) in [6, 6.07) is 1.31. The summed E-state index contributed by atoms with van der Waals surface area (Å²) >= 11 is 0. The summed E-state index contributed by atoms with van der Waals surface area (Å²) in [6.45, 7) is 0. The number of hydrogen-bond donors (Lipinski definition) is 4. The fourth-order valence-electron chi connectivity index (χ4n) is 0.807. The molecule has 0 saturated heterocycles. The zero-order chi connectivity index (χ0) is 9.84. The monoisotopic (exact) mass is 184 g/mol. The Labute approximate surface area is 73.0 Å². The van der Waals surface area contributed by atoms with Crippen LogP contribution >= 0.6 is 0 Å². The van der Waals surface area contributed by atoms with Crippen molar-refractivity contribution in [2.75, 3.05) is 0 Å². The van der Waals surface area contributed by atoms with Crippen LogP contribution in [0.3, 0.4) is 0 Å². The van der Waals surface area contributed by atoms with E-state index in [0.717, 1.165) is 0 Å². The van der Waals surface area contributed by atoms with Gasteiger partial charge in [0.15, 0.2) is 0 Å². The molecule has 0 unspecified atom stereocenters. The van der Waals surface area contributed by atoms with Gasteiger partial charge in [0.2, 0.25) is 5.76 Å². The van der Waals surface area contributed by atoms with Gasteiger partial charge in [0.05, 0.1) is 11.8 Å². The van der Waals surface area contributed by atoms with E-state index in [0.29, 0.717) is 0 Å². The molecule has 1 heterocycles. The van der Waals surface area contributed by atoms with Crippen molar-refractivity contribution >= 4 is 11.8 Å². The molecule has 1 aromatic rings. The van der Waals surface area contributed by atoms with E-state index in [9.17, 15) is 9.59 Å². The number of hydrogen-bond acceptors (Lipinski definition) is 5. The van der Waals surface area contributed by atoms with Gasteiger partial charge in [-0.15, -0.1) is 0 Å². The highest BCUT2D eigenvalue weighted by Gasteiger charge is 2.18. The van der Waals surface area contributed by atoms with Crippen LogP contribution in [-0.4, -0.2) is 11.8 Å². The van der Waals surface area contributed by atoms with Crippen LogP contribution in [0.15, 0.2) is 16.7 Å². The summed E-state index contributed by atoms with van der Waals surface area (Å²) in [6.07, 6.45) is 1.19. The first-order valence-corrected chi connectivity index (χ1v) is 3.30. The third-order valence-corrected chi connectivity index (χ3v) is 1.38. The number of carbonyl (C=O) groups is 2. The van der Waals surface area contributed by atoms with Gasteiger partial charge in [0.1, 0.15) is 0 Å². The predicted octanol–water partition coefficient (Wildman–Crippen LogP) is -1.51. The van der Waals surface area contributed by atoms with Crippen molar-refractivity contribution < 1.29 is 14.0 Å². The van der Waals surface area contributed by atoms with Gasteiger partial charge in [0, 0.05) is 0 Å². The average Bonchev–Trinajstić information content (AvgIpc) is 2.63. The summed E-state index contributed by atoms with van der Waals surface area (Å²) in [7, 11) is 0. The van der Waals surface area contributed by atoms with Crippen LogP contribution in [0.4, 0.5) is 0 Å². The molecule has 7 nitrogen and oxygen atoms in total. The molecule has 1 aromatic heterocycles. The number of nitrogens with two attached hydrogens (primary N) is 2. The number of rotatable bonds is 2. The van der Waals surface area contributed by atoms with Crippen molar-refractivity contribution in [2.24, 2.45) is 11.7 Å². The summed E-state index contributed by atoms with van der Waals surface area (Å²) in [5.41, 5.74) is 3.73. The number of nitrogens with one attached hydrogen (secondary N) is 2. The molecule has 0 aliphatic carbocycles. The van der Waals surface area contributed by atoms with Crippen molar-refractivity contribution in [3.05, 3.63) is 23.7 Å². The Bertz CT molecular complexity index is 302. The lowest BCUT2D eigenvalue weighted by atomic mass is 10.2. The maximum absolute atomic E-state index is 11.0. The minimum Gasteiger partial charge on any atom is -0.458 e. The van der Waals surface area contributed by atoms with E-state index in [1.807, 2.05) is 10.9 Å². The Hall–Kier alpha value is -1.86. The molecule has 0 atom stereocenters. The highest BCUT2D eigenvalue weighted by Crippen LogP contribution is 2.09. The molecule has 0 saturated carbocycles. The average molecular weight is 184 g/mol. The molecule has 1 rings (SSSR count). The van der Waals surface area contributed by atoms with Gasteiger partial charge < -0.3 is 4.42 Å². The van der Waals surface area contributed by atoms with Gasteiger partial charge in [-0.05, 0) is 6.07 Å². The van der Waals surface area contributed by atoms with E-state index >= 15 is 0 Å². The quantitative estimate of drug-likeness (QED) is 0.252. The maximum Gasteiger partial charge on any atom is 0.301 e. The van der Waals surface area contributed by atoms with Gasteiger partial charge in [-0.2, -0.15) is 0 Å². The van der Waals surface area contributed by atoms with Gasteiger partial charge in [-0.3, -0.25) is 20.4 Å². The number of furan rings is 1. The number of amides is 2. The first-order chi connectivity index (χ1) is 6.20. The normalized spacial score (nSPS) is 9.38. The van der Waals surface area contributed by atoms with Gasteiger partial charge in [-0.1, -0.05) is 0 Å². The van der Waals surface area contributed by atoms with Crippen LogP contribution in [0, 0.1) is 0 Å². The zero-order valence-electron chi connectivity index (χ0n) is 6.53. The Balaban J connectivity index is 3.02. The summed E-state index contributed by atoms with van der Waals surface area (Å²) in [4.78, 5) is 22.0. The first kappa shape index (κ1) is 9.23. The van der Waals surface area contributed by atoms with E-state index in [1.165, 1.54) is 12.3 Å². The lowest BCUT2D eigenvalue weighted by Gasteiger charge is -1.98. The lowest BCUT2D eigenvalue weighted by molar-refractivity contribution is 0.0899. The molecule has 0 spiro atoms. The molecular formula is C6H8N4O3. The second kappa shape index (κ2) is 3.70. The maximum atomic E-state index is 11.0. The fraction of sp³-hybridized carbons (Fsp3) is 0. The number of hydrazine groups is 2. The second-order valence-corrected chi connectivity index (χ2v) is 2.11. The molecule has 0 aliphatic heterocycles. The Morgan fingerprint density at radius 1 is 1.23 bits per heavy atom. The van der Waals surface area contributed by atoms with Crippen molar-refractivity contribution in [3.63, 3.8) is 0 Å². The topological polar surface area (TPSA) is 123 Å². The van der Waals surface area contributed by atoms with Crippen molar-refractivity contribution in [2.45, 2.75) is 0 Å². The van der Waals surface area contributed by atoms with Crippen molar-refractivity contribution in [1.29, 1.82) is 0 Å². The highest BCUT2D eigenvalue weighted by atomic mass is 16.3. The molecule has 13 heavy (non-hydrogen) atoms. The van der Waals surface area contributed by atoms with Crippen molar-refractivity contribution in [3.8, 4) is 0 Å². The molecule has 6 N–H and O–H groups in total. The smallest absolute Gasteiger partial charge is 0.301 e. The van der Waals surface area contributed by atoms with Gasteiger partial charge in [-0.25, -0.2) is 11.7 Å². The fourth-order valence-corrected chi connectivity index (χ4v) is 0.807. The van der Waals surface area contributed by atoms with E-state index in [4.69, 9.17) is 16.1 Å². The van der Waals surface area contributed by atoms with Crippen LogP contribution in [0.25, 0.3) is 0 Å². The van der Waals surface area contributed by atoms with E-state index in [2.05, 4.69) is 0 Å². The molecule has 70 valence electrons. The Morgan fingerprint density at radius 2 is 1.85 bits per heavy atom. The molecule has 0 fully saturated rings. The first-order valence-electron chi connectivity index (χ1n) is 3.30. The van der Waals surface area contributed by atoms with E-state index < -0.39 is 11.8 Å². The van der Waals surface area contributed by atoms with E-state index in [-0.39, 0.29) is 11.3 Å². The molecule has 0 bridgehead atoms.